The maximum atomic E-state index is 12.0. The van der Waals surface area contributed by atoms with Gasteiger partial charge in [-0.1, -0.05) is 28.1 Å². The summed E-state index contributed by atoms with van der Waals surface area (Å²) in [5.74, 6) is -0.214. The van der Waals surface area contributed by atoms with E-state index in [4.69, 9.17) is 10.5 Å². The SMILES string of the molecule is N#Cc1ccc(CC(=O)Nc2cc(Br)ccc2C#N)cc1. The first-order chi connectivity index (χ1) is 10.1. The van der Waals surface area contributed by atoms with Crippen molar-refractivity contribution >= 4 is 27.5 Å². The fourth-order valence-corrected chi connectivity index (χ4v) is 2.16. The molecule has 2 aromatic carbocycles. The minimum absolute atomic E-state index is 0.184. The molecule has 0 atom stereocenters. The highest BCUT2D eigenvalue weighted by atomic mass is 79.9. The number of halogens is 1. The van der Waals surface area contributed by atoms with E-state index in [-0.39, 0.29) is 12.3 Å². The van der Waals surface area contributed by atoms with Crippen LogP contribution in [0.25, 0.3) is 0 Å². The number of anilines is 1. The van der Waals surface area contributed by atoms with Crippen LogP contribution in [-0.4, -0.2) is 5.91 Å². The highest BCUT2D eigenvalue weighted by Crippen LogP contribution is 2.21. The van der Waals surface area contributed by atoms with Gasteiger partial charge in [-0.15, -0.1) is 0 Å². The van der Waals surface area contributed by atoms with E-state index < -0.39 is 0 Å². The molecule has 0 saturated heterocycles. The summed E-state index contributed by atoms with van der Waals surface area (Å²) < 4.78 is 0.787. The van der Waals surface area contributed by atoms with Gasteiger partial charge in [-0.05, 0) is 35.9 Å². The van der Waals surface area contributed by atoms with Crippen molar-refractivity contribution in [2.45, 2.75) is 6.42 Å². The van der Waals surface area contributed by atoms with Crippen LogP contribution in [-0.2, 0) is 11.2 Å². The first-order valence-electron chi connectivity index (χ1n) is 6.11. The highest BCUT2D eigenvalue weighted by Gasteiger charge is 2.08. The summed E-state index contributed by atoms with van der Waals surface area (Å²) in [4.78, 5) is 12.0. The number of carbonyl (C=O) groups is 1. The van der Waals surface area contributed by atoms with Gasteiger partial charge in [0.1, 0.15) is 6.07 Å². The second-order valence-electron chi connectivity index (χ2n) is 4.34. The van der Waals surface area contributed by atoms with E-state index in [9.17, 15) is 4.79 Å². The Bertz CT molecular complexity index is 755. The van der Waals surface area contributed by atoms with Crippen molar-refractivity contribution in [2.75, 3.05) is 5.32 Å². The minimum Gasteiger partial charge on any atom is -0.325 e. The molecule has 5 heteroatoms. The molecule has 1 N–H and O–H groups in total. The largest absolute Gasteiger partial charge is 0.325 e. The summed E-state index contributed by atoms with van der Waals surface area (Å²) in [5, 5.41) is 20.5. The molecule has 0 aliphatic rings. The normalized spacial score (nSPS) is 9.48. The molecule has 0 aliphatic carbocycles. The lowest BCUT2D eigenvalue weighted by atomic mass is 10.1. The lowest BCUT2D eigenvalue weighted by molar-refractivity contribution is -0.115. The summed E-state index contributed by atoms with van der Waals surface area (Å²) in [5.41, 5.74) is 2.25. The van der Waals surface area contributed by atoms with E-state index in [0.29, 0.717) is 16.8 Å². The molecule has 0 unspecified atom stereocenters. The molecular formula is C16H10BrN3O. The lowest BCUT2D eigenvalue weighted by Crippen LogP contribution is -2.15. The van der Waals surface area contributed by atoms with Crippen LogP contribution < -0.4 is 5.32 Å². The zero-order valence-electron chi connectivity index (χ0n) is 10.9. The topological polar surface area (TPSA) is 76.7 Å². The second-order valence-corrected chi connectivity index (χ2v) is 5.25. The number of nitriles is 2. The van der Waals surface area contributed by atoms with Gasteiger partial charge in [-0.25, -0.2) is 0 Å². The van der Waals surface area contributed by atoms with Crippen LogP contribution in [0.4, 0.5) is 5.69 Å². The quantitative estimate of drug-likeness (QED) is 0.931. The van der Waals surface area contributed by atoms with Gasteiger partial charge in [0.2, 0.25) is 5.91 Å². The molecule has 0 aromatic heterocycles. The van der Waals surface area contributed by atoms with Crippen LogP contribution >= 0.6 is 15.9 Å². The lowest BCUT2D eigenvalue weighted by Gasteiger charge is -2.07. The number of hydrogen-bond donors (Lipinski definition) is 1. The van der Waals surface area contributed by atoms with E-state index in [0.717, 1.165) is 10.0 Å². The van der Waals surface area contributed by atoms with Crippen LogP contribution in [0.2, 0.25) is 0 Å². The van der Waals surface area contributed by atoms with E-state index in [2.05, 4.69) is 21.2 Å². The Kier molecular flexibility index (Phi) is 4.71. The molecule has 2 aromatic rings. The first-order valence-corrected chi connectivity index (χ1v) is 6.90. The number of amides is 1. The van der Waals surface area contributed by atoms with Gasteiger partial charge < -0.3 is 5.32 Å². The molecule has 4 nitrogen and oxygen atoms in total. The van der Waals surface area contributed by atoms with Crippen LogP contribution in [0.5, 0.6) is 0 Å². The number of nitrogens with one attached hydrogen (secondary N) is 1. The van der Waals surface area contributed by atoms with E-state index in [1.807, 2.05) is 12.1 Å². The molecule has 0 saturated carbocycles. The zero-order chi connectivity index (χ0) is 15.2. The van der Waals surface area contributed by atoms with Crippen LogP contribution in [0.1, 0.15) is 16.7 Å². The molecule has 0 aliphatic heterocycles. The number of carbonyl (C=O) groups excluding carboxylic acids is 1. The third-order valence-electron chi connectivity index (χ3n) is 2.82. The zero-order valence-corrected chi connectivity index (χ0v) is 12.5. The summed E-state index contributed by atoms with van der Waals surface area (Å²) in [6, 6.07) is 16.0. The van der Waals surface area contributed by atoms with Crippen LogP contribution in [0.15, 0.2) is 46.9 Å². The van der Waals surface area contributed by atoms with Gasteiger partial charge in [-0.3, -0.25) is 4.79 Å². The van der Waals surface area contributed by atoms with Gasteiger partial charge in [0.15, 0.2) is 0 Å². The monoisotopic (exact) mass is 339 g/mol. The Morgan fingerprint density at radius 1 is 1.10 bits per heavy atom. The molecule has 102 valence electrons. The van der Waals surface area contributed by atoms with Gasteiger partial charge in [0, 0.05) is 4.47 Å². The van der Waals surface area contributed by atoms with Crippen LogP contribution in [0, 0.1) is 22.7 Å². The maximum Gasteiger partial charge on any atom is 0.228 e. The Hall–Kier alpha value is -2.63. The maximum absolute atomic E-state index is 12.0. The Morgan fingerprint density at radius 3 is 2.43 bits per heavy atom. The van der Waals surface area contributed by atoms with Gasteiger partial charge >= 0.3 is 0 Å². The molecule has 0 fully saturated rings. The first kappa shape index (κ1) is 14.8. The Balaban J connectivity index is 2.10. The fourth-order valence-electron chi connectivity index (χ4n) is 1.79. The molecule has 21 heavy (non-hydrogen) atoms. The van der Waals surface area contributed by atoms with Crippen molar-refractivity contribution < 1.29 is 4.79 Å². The number of hydrogen-bond acceptors (Lipinski definition) is 3. The molecule has 1 amide bonds. The van der Waals surface area contributed by atoms with E-state index in [1.54, 1.807) is 42.5 Å². The van der Waals surface area contributed by atoms with Crippen molar-refractivity contribution in [3.05, 3.63) is 63.6 Å². The third kappa shape index (κ3) is 3.92. The summed E-state index contributed by atoms with van der Waals surface area (Å²) in [7, 11) is 0. The van der Waals surface area contributed by atoms with Crippen LogP contribution in [0.3, 0.4) is 0 Å². The van der Waals surface area contributed by atoms with Gasteiger partial charge in [0.05, 0.1) is 29.3 Å². The average Bonchev–Trinajstić information content (AvgIpc) is 2.48. The second kappa shape index (κ2) is 6.69. The number of rotatable bonds is 3. The van der Waals surface area contributed by atoms with Crippen molar-refractivity contribution in [1.29, 1.82) is 10.5 Å². The van der Waals surface area contributed by atoms with Crippen molar-refractivity contribution in [1.82, 2.24) is 0 Å². The summed E-state index contributed by atoms with van der Waals surface area (Å²) in [6.07, 6.45) is 0.184. The average molecular weight is 340 g/mol. The van der Waals surface area contributed by atoms with Crippen molar-refractivity contribution in [2.24, 2.45) is 0 Å². The smallest absolute Gasteiger partial charge is 0.228 e. The predicted octanol–water partition coefficient (Wildman–Crippen LogP) is 3.37. The van der Waals surface area contributed by atoms with Crippen molar-refractivity contribution in [3.63, 3.8) is 0 Å². The van der Waals surface area contributed by atoms with Gasteiger partial charge in [-0.2, -0.15) is 10.5 Å². The van der Waals surface area contributed by atoms with Gasteiger partial charge in [0.25, 0.3) is 0 Å². The molecule has 0 spiro atoms. The van der Waals surface area contributed by atoms with Crippen molar-refractivity contribution in [3.8, 4) is 12.1 Å². The van der Waals surface area contributed by atoms with E-state index >= 15 is 0 Å². The predicted molar refractivity (Wildman–Crippen MR) is 82.3 cm³/mol. The molecule has 0 heterocycles. The highest BCUT2D eigenvalue weighted by molar-refractivity contribution is 9.10. The molecule has 0 bridgehead atoms. The Morgan fingerprint density at radius 2 is 1.81 bits per heavy atom. The third-order valence-corrected chi connectivity index (χ3v) is 3.32. The fraction of sp³-hybridized carbons (Fsp3) is 0.0625. The Labute approximate surface area is 130 Å². The standard InChI is InChI=1S/C16H10BrN3O/c17-14-6-5-13(10-19)15(8-14)20-16(21)7-11-1-3-12(9-18)4-2-11/h1-6,8H,7H2,(H,20,21). The summed E-state index contributed by atoms with van der Waals surface area (Å²) >= 11 is 3.31. The molecule has 0 radical (unpaired) electrons. The number of nitrogens with zero attached hydrogens (tertiary/aromatic N) is 2. The number of benzene rings is 2. The van der Waals surface area contributed by atoms with E-state index in [1.165, 1.54) is 0 Å². The summed E-state index contributed by atoms with van der Waals surface area (Å²) in [6.45, 7) is 0. The molecular weight excluding hydrogens is 330 g/mol. The minimum atomic E-state index is -0.214. The molecule has 2 rings (SSSR count).